The Hall–Kier alpha value is -2.50. The fourth-order valence-electron chi connectivity index (χ4n) is 1.79. The van der Waals surface area contributed by atoms with Crippen LogP contribution in [0.2, 0.25) is 0 Å². The molecule has 5 heteroatoms. The van der Waals surface area contributed by atoms with Crippen molar-refractivity contribution in [3.8, 4) is 0 Å². The van der Waals surface area contributed by atoms with Crippen molar-refractivity contribution in [1.29, 1.82) is 0 Å². The Balaban J connectivity index is 2.01. The van der Waals surface area contributed by atoms with Gasteiger partial charge >= 0.3 is 11.9 Å². The van der Waals surface area contributed by atoms with Crippen molar-refractivity contribution in [1.82, 2.24) is 0 Å². The normalized spacial score (nSPS) is 13.2. The van der Waals surface area contributed by atoms with E-state index in [0.29, 0.717) is 5.56 Å². The molecule has 0 spiro atoms. The lowest BCUT2D eigenvalue weighted by molar-refractivity contribution is -0.148. The van der Waals surface area contributed by atoms with Gasteiger partial charge < -0.3 is 15.6 Å². The number of hydrogen-bond donors (Lipinski definition) is 2. The van der Waals surface area contributed by atoms with Crippen molar-refractivity contribution in [2.24, 2.45) is 5.73 Å². The first-order chi connectivity index (χ1) is 10.1. The second-order valence-electron chi connectivity index (χ2n) is 4.46. The zero-order valence-corrected chi connectivity index (χ0v) is 11.2. The molecule has 108 valence electrons. The van der Waals surface area contributed by atoms with Gasteiger partial charge in [-0.15, -0.1) is 0 Å². The van der Waals surface area contributed by atoms with Gasteiger partial charge in [0.25, 0.3) is 0 Å². The molecule has 0 amide bonds. The molecule has 1 unspecified atom stereocenters. The largest absolute Gasteiger partial charge is 0.387 e. The molecule has 0 radical (unpaired) electrons. The van der Waals surface area contributed by atoms with Gasteiger partial charge in [-0.1, -0.05) is 48.5 Å². The van der Waals surface area contributed by atoms with Gasteiger partial charge in [0.2, 0.25) is 0 Å². The summed E-state index contributed by atoms with van der Waals surface area (Å²) in [5.74, 6) is -1.89. The molecule has 0 saturated heterocycles. The van der Waals surface area contributed by atoms with Crippen molar-refractivity contribution < 1.29 is 19.4 Å². The maximum Gasteiger partial charge on any atom is 0.345 e. The van der Waals surface area contributed by atoms with E-state index < -0.39 is 24.1 Å². The first kappa shape index (κ1) is 14.9. The Labute approximate surface area is 122 Å². The molecule has 0 bridgehead atoms. The minimum atomic E-state index is -1.61. The van der Waals surface area contributed by atoms with E-state index in [1.54, 1.807) is 48.5 Å². The first-order valence-corrected chi connectivity index (χ1v) is 6.39. The topological polar surface area (TPSA) is 89.6 Å². The van der Waals surface area contributed by atoms with Crippen LogP contribution in [0.5, 0.6) is 0 Å². The molecule has 0 saturated carbocycles. The lowest BCUT2D eigenvalue weighted by Gasteiger charge is -2.17. The zero-order valence-electron chi connectivity index (χ0n) is 11.2. The molecule has 3 N–H and O–H groups in total. The third kappa shape index (κ3) is 3.75. The third-order valence-corrected chi connectivity index (χ3v) is 2.97. The summed E-state index contributed by atoms with van der Waals surface area (Å²) < 4.78 is 4.63. The summed E-state index contributed by atoms with van der Waals surface area (Å²) in [5.41, 5.74) is 6.60. The number of rotatable bonds is 4. The summed E-state index contributed by atoms with van der Waals surface area (Å²) in [6.45, 7) is 0. The molecular formula is C16H15NO4. The summed E-state index contributed by atoms with van der Waals surface area (Å²) in [7, 11) is 0. The Morgan fingerprint density at radius 3 is 2.05 bits per heavy atom. The van der Waals surface area contributed by atoms with E-state index in [1.807, 2.05) is 0 Å². The number of carbonyl (C=O) groups is 2. The van der Waals surface area contributed by atoms with Crippen LogP contribution in [-0.2, 0) is 9.53 Å². The molecular weight excluding hydrogens is 270 g/mol. The first-order valence-electron chi connectivity index (χ1n) is 6.39. The van der Waals surface area contributed by atoms with Crippen LogP contribution in [-0.4, -0.2) is 23.1 Å². The molecule has 2 aromatic carbocycles. The van der Waals surface area contributed by atoms with E-state index in [4.69, 9.17) is 5.73 Å². The fourth-order valence-corrected chi connectivity index (χ4v) is 1.79. The van der Waals surface area contributed by atoms with Crippen LogP contribution in [0.25, 0.3) is 0 Å². The fraction of sp³-hybridized carbons (Fsp3) is 0.125. The molecule has 2 atom stereocenters. The molecule has 2 rings (SSSR count). The second-order valence-corrected chi connectivity index (χ2v) is 4.46. The number of nitrogens with two attached hydrogens (primary N) is 1. The van der Waals surface area contributed by atoms with Gasteiger partial charge in [-0.25, -0.2) is 9.59 Å². The van der Waals surface area contributed by atoms with E-state index in [2.05, 4.69) is 4.74 Å². The van der Waals surface area contributed by atoms with Gasteiger partial charge in [-0.05, 0) is 17.7 Å². The van der Waals surface area contributed by atoms with E-state index in [0.717, 1.165) is 0 Å². The van der Waals surface area contributed by atoms with Gasteiger partial charge in [0.15, 0.2) is 6.10 Å². The SMILES string of the molecule is N[C@H](c1ccccc1)C(O)C(=O)OC(=O)c1ccccc1. The average molecular weight is 285 g/mol. The van der Waals surface area contributed by atoms with Gasteiger partial charge in [0, 0.05) is 0 Å². The number of carbonyl (C=O) groups excluding carboxylic acids is 2. The van der Waals surface area contributed by atoms with Gasteiger partial charge in [-0.3, -0.25) is 0 Å². The van der Waals surface area contributed by atoms with Crippen molar-refractivity contribution in [2.75, 3.05) is 0 Å². The van der Waals surface area contributed by atoms with Crippen LogP contribution in [0.15, 0.2) is 60.7 Å². The number of aliphatic hydroxyl groups excluding tert-OH is 1. The third-order valence-electron chi connectivity index (χ3n) is 2.97. The van der Waals surface area contributed by atoms with Crippen molar-refractivity contribution in [2.45, 2.75) is 12.1 Å². The smallest absolute Gasteiger partial charge is 0.345 e. The highest BCUT2D eigenvalue weighted by Crippen LogP contribution is 2.15. The van der Waals surface area contributed by atoms with Gasteiger partial charge in [0.05, 0.1) is 11.6 Å². The molecule has 21 heavy (non-hydrogen) atoms. The Kier molecular flexibility index (Phi) is 4.81. The van der Waals surface area contributed by atoms with Crippen molar-refractivity contribution in [3.05, 3.63) is 71.8 Å². The van der Waals surface area contributed by atoms with Crippen LogP contribution in [0.1, 0.15) is 22.0 Å². The highest BCUT2D eigenvalue weighted by Gasteiger charge is 2.28. The summed E-state index contributed by atoms with van der Waals surface area (Å²) in [4.78, 5) is 23.5. The van der Waals surface area contributed by atoms with Crippen LogP contribution in [0.4, 0.5) is 0 Å². The molecule has 0 aliphatic heterocycles. The zero-order chi connectivity index (χ0) is 15.2. The molecule has 0 aromatic heterocycles. The number of benzene rings is 2. The maximum atomic E-state index is 11.8. The molecule has 0 aliphatic rings. The molecule has 5 nitrogen and oxygen atoms in total. The number of ether oxygens (including phenoxy) is 1. The Morgan fingerprint density at radius 1 is 0.952 bits per heavy atom. The van der Waals surface area contributed by atoms with Gasteiger partial charge in [-0.2, -0.15) is 0 Å². The predicted octanol–water partition coefficient (Wildman–Crippen LogP) is 1.43. The number of aliphatic hydroxyl groups is 1. The average Bonchev–Trinajstić information content (AvgIpc) is 2.55. The minimum Gasteiger partial charge on any atom is -0.387 e. The van der Waals surface area contributed by atoms with E-state index in [-0.39, 0.29) is 5.56 Å². The molecule has 0 fully saturated rings. The highest BCUT2D eigenvalue weighted by atomic mass is 16.6. The summed E-state index contributed by atoms with van der Waals surface area (Å²) in [6.07, 6.45) is -1.61. The predicted molar refractivity (Wildman–Crippen MR) is 76.2 cm³/mol. The van der Waals surface area contributed by atoms with Gasteiger partial charge in [0.1, 0.15) is 0 Å². The summed E-state index contributed by atoms with van der Waals surface area (Å²) in [5, 5.41) is 9.88. The monoisotopic (exact) mass is 285 g/mol. The highest BCUT2D eigenvalue weighted by molar-refractivity contribution is 5.97. The Morgan fingerprint density at radius 2 is 1.48 bits per heavy atom. The number of esters is 2. The summed E-state index contributed by atoms with van der Waals surface area (Å²) >= 11 is 0. The number of hydrogen-bond acceptors (Lipinski definition) is 5. The lowest BCUT2D eigenvalue weighted by Crippen LogP contribution is -2.36. The quantitative estimate of drug-likeness (QED) is 0.655. The van der Waals surface area contributed by atoms with E-state index in [9.17, 15) is 14.7 Å². The van der Waals surface area contributed by atoms with E-state index in [1.165, 1.54) is 12.1 Å². The lowest BCUT2D eigenvalue weighted by atomic mass is 10.0. The van der Waals surface area contributed by atoms with Crippen LogP contribution in [0, 0.1) is 0 Å². The maximum absolute atomic E-state index is 11.8. The summed E-state index contributed by atoms with van der Waals surface area (Å²) in [6, 6.07) is 15.7. The van der Waals surface area contributed by atoms with Crippen molar-refractivity contribution in [3.63, 3.8) is 0 Å². The van der Waals surface area contributed by atoms with Crippen LogP contribution in [0.3, 0.4) is 0 Å². The Bertz CT molecular complexity index is 613. The van der Waals surface area contributed by atoms with Crippen LogP contribution < -0.4 is 5.73 Å². The molecule has 0 heterocycles. The van der Waals surface area contributed by atoms with Crippen molar-refractivity contribution >= 4 is 11.9 Å². The van der Waals surface area contributed by atoms with E-state index >= 15 is 0 Å². The molecule has 2 aromatic rings. The molecule has 0 aliphatic carbocycles. The second kappa shape index (κ2) is 6.78. The minimum absolute atomic E-state index is 0.228. The standard InChI is InChI=1S/C16H15NO4/c17-13(11-7-3-1-4-8-11)14(18)16(20)21-15(19)12-9-5-2-6-10-12/h1-10,13-14,18H,17H2/t13-,14?/m1/s1. The van der Waals surface area contributed by atoms with Crippen LogP contribution >= 0.6 is 0 Å².